The third-order valence-electron chi connectivity index (χ3n) is 4.56. The van der Waals surface area contributed by atoms with Crippen molar-refractivity contribution >= 4 is 35.6 Å². The van der Waals surface area contributed by atoms with Crippen molar-refractivity contribution in [2.45, 2.75) is 25.9 Å². The molecular weight excluding hydrogens is 491 g/mol. The number of anilines is 1. The van der Waals surface area contributed by atoms with Crippen LogP contribution < -0.4 is 20.3 Å². The van der Waals surface area contributed by atoms with Crippen molar-refractivity contribution < 1.29 is 13.5 Å². The summed E-state index contributed by atoms with van der Waals surface area (Å²) in [6, 6.07) is 7.72. The van der Waals surface area contributed by atoms with Gasteiger partial charge < -0.3 is 20.3 Å². The number of halogens is 3. The zero-order valence-electron chi connectivity index (χ0n) is 16.5. The third kappa shape index (κ3) is 6.15. The van der Waals surface area contributed by atoms with E-state index in [1.807, 2.05) is 19.1 Å². The van der Waals surface area contributed by atoms with E-state index in [9.17, 15) is 8.78 Å². The number of aliphatic imine (C=N–C) groups is 1. The van der Waals surface area contributed by atoms with E-state index >= 15 is 0 Å². The molecule has 2 aromatic rings. The molecule has 6 nitrogen and oxygen atoms in total. The van der Waals surface area contributed by atoms with Gasteiger partial charge in [-0.25, -0.2) is 18.8 Å². The van der Waals surface area contributed by atoms with Crippen LogP contribution in [0.3, 0.4) is 0 Å². The van der Waals surface area contributed by atoms with Crippen molar-refractivity contribution in [2.75, 3.05) is 31.6 Å². The van der Waals surface area contributed by atoms with E-state index in [0.717, 1.165) is 12.0 Å². The zero-order chi connectivity index (χ0) is 19.9. The van der Waals surface area contributed by atoms with Gasteiger partial charge in [0.1, 0.15) is 17.3 Å². The lowest BCUT2D eigenvalue weighted by atomic mass is 10.2. The molecule has 1 aromatic carbocycles. The average molecular weight is 517 g/mol. The summed E-state index contributed by atoms with van der Waals surface area (Å²) in [6.07, 6.45) is 2.45. The van der Waals surface area contributed by atoms with Crippen LogP contribution in [0.1, 0.15) is 18.9 Å². The van der Waals surface area contributed by atoms with Gasteiger partial charge in [-0.15, -0.1) is 24.0 Å². The van der Waals surface area contributed by atoms with E-state index < -0.39 is 11.6 Å². The van der Waals surface area contributed by atoms with Gasteiger partial charge in [-0.05, 0) is 37.1 Å². The largest absolute Gasteiger partial charge is 0.481 e. The highest BCUT2D eigenvalue weighted by Gasteiger charge is 2.27. The number of guanidine groups is 1. The number of aromatic nitrogens is 1. The van der Waals surface area contributed by atoms with Crippen LogP contribution in [0.5, 0.6) is 5.88 Å². The molecule has 9 heteroatoms. The first-order chi connectivity index (χ1) is 13.6. The molecule has 1 aromatic heterocycles. The van der Waals surface area contributed by atoms with Crippen LogP contribution >= 0.6 is 24.0 Å². The number of rotatable bonds is 6. The van der Waals surface area contributed by atoms with Gasteiger partial charge in [0.15, 0.2) is 5.96 Å². The van der Waals surface area contributed by atoms with E-state index in [-0.39, 0.29) is 35.7 Å². The molecule has 1 aliphatic rings. The average Bonchev–Trinajstić information content (AvgIpc) is 3.14. The summed E-state index contributed by atoms with van der Waals surface area (Å²) in [4.78, 5) is 10.4. The second-order valence-electron chi connectivity index (χ2n) is 6.55. The number of hydrogen-bond acceptors (Lipinski definition) is 4. The second kappa shape index (κ2) is 11.1. The van der Waals surface area contributed by atoms with Gasteiger partial charge in [0.25, 0.3) is 0 Å². The molecule has 1 saturated heterocycles. The Bertz CT molecular complexity index is 816. The maximum atomic E-state index is 14.0. The van der Waals surface area contributed by atoms with E-state index in [2.05, 4.69) is 20.6 Å². The van der Waals surface area contributed by atoms with Crippen molar-refractivity contribution in [2.24, 2.45) is 4.99 Å². The Balaban J connectivity index is 0.00000300. The lowest BCUT2D eigenvalue weighted by Gasteiger charge is -2.21. The van der Waals surface area contributed by atoms with Crippen LogP contribution in [0.2, 0.25) is 0 Å². The number of benzene rings is 1. The predicted octanol–water partition coefficient (Wildman–Crippen LogP) is 3.32. The molecule has 1 atom stereocenters. The van der Waals surface area contributed by atoms with Gasteiger partial charge in [0.2, 0.25) is 5.88 Å². The Morgan fingerprint density at radius 1 is 1.31 bits per heavy atom. The topological polar surface area (TPSA) is 61.8 Å². The molecule has 1 unspecified atom stereocenters. The second-order valence-corrected chi connectivity index (χ2v) is 6.55. The van der Waals surface area contributed by atoms with Crippen LogP contribution in [0.15, 0.2) is 41.5 Å². The highest BCUT2D eigenvalue weighted by Crippen LogP contribution is 2.26. The molecule has 0 aliphatic carbocycles. The third-order valence-corrected chi connectivity index (χ3v) is 4.56. The van der Waals surface area contributed by atoms with E-state index in [1.54, 1.807) is 18.2 Å². The van der Waals surface area contributed by atoms with E-state index in [1.165, 1.54) is 18.2 Å². The van der Waals surface area contributed by atoms with Gasteiger partial charge in [0, 0.05) is 37.9 Å². The minimum atomic E-state index is -0.534. The molecule has 1 fully saturated rings. The number of methoxy groups -OCH3 is 1. The maximum Gasteiger partial charge on any atom is 0.213 e. The minimum absolute atomic E-state index is 0. The molecular formula is C20H26F2IN5O. The Hall–Kier alpha value is -2.17. The molecule has 0 spiro atoms. The predicted molar refractivity (Wildman–Crippen MR) is 121 cm³/mol. The Labute approximate surface area is 186 Å². The van der Waals surface area contributed by atoms with Gasteiger partial charge in [0.05, 0.1) is 13.7 Å². The van der Waals surface area contributed by atoms with Gasteiger partial charge in [-0.3, -0.25) is 0 Å². The van der Waals surface area contributed by atoms with E-state index in [0.29, 0.717) is 38.0 Å². The fourth-order valence-corrected chi connectivity index (χ4v) is 3.22. The monoisotopic (exact) mass is 517 g/mol. The SMILES string of the molecule is CCNC(=NCc1ccnc(OC)c1)NC1CCN(c2c(F)cccc2F)C1.I. The van der Waals surface area contributed by atoms with Crippen molar-refractivity contribution in [1.29, 1.82) is 0 Å². The molecule has 2 N–H and O–H groups in total. The number of hydrogen-bond donors (Lipinski definition) is 2. The zero-order valence-corrected chi connectivity index (χ0v) is 18.8. The van der Waals surface area contributed by atoms with Crippen LogP contribution in [-0.2, 0) is 6.54 Å². The molecule has 158 valence electrons. The van der Waals surface area contributed by atoms with Gasteiger partial charge in [-0.2, -0.15) is 0 Å². The summed E-state index contributed by atoms with van der Waals surface area (Å²) < 4.78 is 33.2. The van der Waals surface area contributed by atoms with Crippen LogP contribution in [-0.4, -0.2) is 43.7 Å². The van der Waals surface area contributed by atoms with Crippen LogP contribution in [0.4, 0.5) is 14.5 Å². The molecule has 29 heavy (non-hydrogen) atoms. The van der Waals surface area contributed by atoms with Crippen molar-refractivity contribution in [3.63, 3.8) is 0 Å². The normalized spacial score (nSPS) is 16.3. The van der Waals surface area contributed by atoms with Crippen molar-refractivity contribution in [3.8, 4) is 5.88 Å². The fraction of sp³-hybridized carbons (Fsp3) is 0.400. The standard InChI is InChI=1S/C20H25F2N5O.HI/c1-3-23-20(25-12-14-7-9-24-18(11-14)28-2)26-15-8-10-27(13-15)19-16(21)5-4-6-17(19)22;/h4-7,9,11,15H,3,8,10,12-13H2,1-2H3,(H2,23,25,26);1H. The Morgan fingerprint density at radius 2 is 2.07 bits per heavy atom. The number of para-hydroxylation sites is 1. The van der Waals surface area contributed by atoms with Crippen molar-refractivity contribution in [3.05, 3.63) is 53.7 Å². The highest BCUT2D eigenvalue weighted by molar-refractivity contribution is 14.0. The van der Waals surface area contributed by atoms with Crippen LogP contribution in [0, 0.1) is 11.6 Å². The fourth-order valence-electron chi connectivity index (χ4n) is 3.22. The van der Waals surface area contributed by atoms with E-state index in [4.69, 9.17) is 4.74 Å². The minimum Gasteiger partial charge on any atom is -0.481 e. The summed E-state index contributed by atoms with van der Waals surface area (Å²) in [5.74, 6) is 0.142. The smallest absolute Gasteiger partial charge is 0.213 e. The highest BCUT2D eigenvalue weighted by atomic mass is 127. The first-order valence-electron chi connectivity index (χ1n) is 9.33. The quantitative estimate of drug-likeness (QED) is 0.350. The molecule has 0 bridgehead atoms. The number of pyridine rings is 1. The Morgan fingerprint density at radius 3 is 2.76 bits per heavy atom. The van der Waals surface area contributed by atoms with Gasteiger partial charge in [-0.1, -0.05) is 6.07 Å². The summed E-state index contributed by atoms with van der Waals surface area (Å²) in [6.45, 7) is 4.25. The summed E-state index contributed by atoms with van der Waals surface area (Å²) in [5.41, 5.74) is 1.02. The summed E-state index contributed by atoms with van der Waals surface area (Å²) >= 11 is 0. The molecule has 0 saturated carbocycles. The first kappa shape index (κ1) is 23.1. The summed E-state index contributed by atoms with van der Waals surface area (Å²) in [7, 11) is 1.57. The molecule has 0 amide bonds. The summed E-state index contributed by atoms with van der Waals surface area (Å²) in [5, 5.41) is 6.57. The Kier molecular flexibility index (Phi) is 8.87. The lowest BCUT2D eigenvalue weighted by molar-refractivity contribution is 0.397. The lowest BCUT2D eigenvalue weighted by Crippen LogP contribution is -2.44. The number of nitrogens with one attached hydrogen (secondary N) is 2. The molecule has 2 heterocycles. The number of nitrogens with zero attached hydrogens (tertiary/aromatic N) is 3. The molecule has 0 radical (unpaired) electrons. The number of ether oxygens (including phenoxy) is 1. The molecule has 1 aliphatic heterocycles. The first-order valence-corrected chi connectivity index (χ1v) is 9.33. The van der Waals surface area contributed by atoms with Gasteiger partial charge >= 0.3 is 0 Å². The molecule has 3 rings (SSSR count). The van der Waals surface area contributed by atoms with Crippen molar-refractivity contribution in [1.82, 2.24) is 15.6 Å². The van der Waals surface area contributed by atoms with Crippen LogP contribution in [0.25, 0.3) is 0 Å². The maximum absolute atomic E-state index is 14.0.